The van der Waals surface area contributed by atoms with E-state index in [1.165, 1.54) is 11.1 Å². The van der Waals surface area contributed by atoms with Gasteiger partial charge in [0.2, 0.25) is 0 Å². The summed E-state index contributed by atoms with van der Waals surface area (Å²) in [4.78, 5) is 12.7. The SMILES string of the molecule is CC[C@@H](NC(=O)c1cc2cccc(OC)c2o1)c1ccc(C)c(C)c1. The third-order valence-electron chi connectivity index (χ3n) is 4.60. The molecule has 1 aromatic heterocycles. The average molecular weight is 337 g/mol. The maximum Gasteiger partial charge on any atom is 0.287 e. The maximum atomic E-state index is 12.7. The van der Waals surface area contributed by atoms with Crippen LogP contribution in [-0.4, -0.2) is 13.0 Å². The van der Waals surface area contributed by atoms with Gasteiger partial charge in [-0.1, -0.05) is 37.3 Å². The Bertz CT molecular complexity index is 911. The second kappa shape index (κ2) is 7.01. The number of furan rings is 1. The number of methoxy groups -OCH3 is 1. The normalized spacial score (nSPS) is 12.2. The first kappa shape index (κ1) is 17.1. The van der Waals surface area contributed by atoms with Crippen LogP contribution in [0.25, 0.3) is 11.0 Å². The molecule has 0 aliphatic carbocycles. The summed E-state index contributed by atoms with van der Waals surface area (Å²) in [7, 11) is 1.59. The number of amides is 1. The van der Waals surface area contributed by atoms with E-state index in [2.05, 4.69) is 44.3 Å². The molecule has 4 heteroatoms. The summed E-state index contributed by atoms with van der Waals surface area (Å²) >= 11 is 0. The summed E-state index contributed by atoms with van der Waals surface area (Å²) < 4.78 is 11.0. The number of aryl methyl sites for hydroxylation is 2. The Morgan fingerprint density at radius 3 is 2.64 bits per heavy atom. The van der Waals surface area contributed by atoms with Crippen molar-refractivity contribution >= 4 is 16.9 Å². The van der Waals surface area contributed by atoms with E-state index in [0.29, 0.717) is 17.1 Å². The van der Waals surface area contributed by atoms with Crippen LogP contribution in [0.2, 0.25) is 0 Å². The lowest BCUT2D eigenvalue weighted by Crippen LogP contribution is -2.27. The molecule has 1 N–H and O–H groups in total. The van der Waals surface area contributed by atoms with E-state index in [4.69, 9.17) is 9.15 Å². The van der Waals surface area contributed by atoms with E-state index >= 15 is 0 Å². The van der Waals surface area contributed by atoms with Crippen molar-refractivity contribution in [2.45, 2.75) is 33.2 Å². The summed E-state index contributed by atoms with van der Waals surface area (Å²) in [5.41, 5.74) is 4.16. The zero-order valence-corrected chi connectivity index (χ0v) is 15.1. The topological polar surface area (TPSA) is 51.5 Å². The van der Waals surface area contributed by atoms with Gasteiger partial charge in [-0.25, -0.2) is 0 Å². The Morgan fingerprint density at radius 1 is 1.16 bits per heavy atom. The second-order valence-electron chi connectivity index (χ2n) is 6.27. The molecular formula is C21H23NO3. The maximum absolute atomic E-state index is 12.7. The molecule has 1 amide bonds. The van der Waals surface area contributed by atoms with E-state index in [1.54, 1.807) is 13.2 Å². The molecule has 1 atom stereocenters. The molecule has 2 aromatic carbocycles. The van der Waals surface area contributed by atoms with Crippen LogP contribution in [0.1, 0.15) is 46.6 Å². The first-order valence-electron chi connectivity index (χ1n) is 8.48. The minimum atomic E-state index is -0.219. The van der Waals surface area contributed by atoms with Crippen molar-refractivity contribution in [1.29, 1.82) is 0 Å². The van der Waals surface area contributed by atoms with E-state index in [1.807, 2.05) is 18.2 Å². The fourth-order valence-electron chi connectivity index (χ4n) is 2.94. The van der Waals surface area contributed by atoms with Gasteiger partial charge in [0, 0.05) is 5.39 Å². The highest BCUT2D eigenvalue weighted by Crippen LogP contribution is 2.29. The van der Waals surface area contributed by atoms with Crippen molar-refractivity contribution in [2.75, 3.05) is 7.11 Å². The summed E-state index contributed by atoms with van der Waals surface area (Å²) in [6.07, 6.45) is 0.803. The van der Waals surface area contributed by atoms with Crippen LogP contribution in [0.4, 0.5) is 0 Å². The highest BCUT2D eigenvalue weighted by atomic mass is 16.5. The van der Waals surface area contributed by atoms with Crippen molar-refractivity contribution in [3.05, 3.63) is 64.9 Å². The van der Waals surface area contributed by atoms with Gasteiger partial charge in [-0.05, 0) is 49.1 Å². The molecule has 0 unspecified atom stereocenters. The summed E-state index contributed by atoms with van der Waals surface area (Å²) in [6, 6.07) is 13.6. The first-order chi connectivity index (χ1) is 12.0. The van der Waals surface area contributed by atoms with Crippen LogP contribution in [0.3, 0.4) is 0 Å². The quantitative estimate of drug-likeness (QED) is 0.717. The van der Waals surface area contributed by atoms with Gasteiger partial charge in [0.15, 0.2) is 17.1 Å². The Morgan fingerprint density at radius 2 is 1.96 bits per heavy atom. The molecule has 1 heterocycles. The Kier molecular flexibility index (Phi) is 4.79. The van der Waals surface area contributed by atoms with E-state index < -0.39 is 0 Å². The van der Waals surface area contributed by atoms with Crippen LogP contribution >= 0.6 is 0 Å². The molecule has 4 nitrogen and oxygen atoms in total. The third kappa shape index (κ3) is 3.38. The fourth-order valence-corrected chi connectivity index (χ4v) is 2.94. The van der Waals surface area contributed by atoms with Crippen LogP contribution in [0.5, 0.6) is 5.75 Å². The molecule has 3 rings (SSSR count). The predicted molar refractivity (Wildman–Crippen MR) is 99.2 cm³/mol. The van der Waals surface area contributed by atoms with Crippen LogP contribution < -0.4 is 10.1 Å². The zero-order chi connectivity index (χ0) is 18.0. The van der Waals surface area contributed by atoms with Gasteiger partial charge < -0.3 is 14.5 Å². The Hall–Kier alpha value is -2.75. The molecule has 3 aromatic rings. The molecule has 0 fully saturated rings. The molecule has 0 aliphatic heterocycles. The van der Waals surface area contributed by atoms with Crippen molar-refractivity contribution in [1.82, 2.24) is 5.32 Å². The summed E-state index contributed by atoms with van der Waals surface area (Å²) in [5, 5.41) is 3.92. The lowest BCUT2D eigenvalue weighted by atomic mass is 9.99. The molecule has 25 heavy (non-hydrogen) atoms. The number of hydrogen-bond donors (Lipinski definition) is 1. The molecule has 0 saturated carbocycles. The highest BCUT2D eigenvalue weighted by Gasteiger charge is 2.19. The summed E-state index contributed by atoms with van der Waals surface area (Å²) in [5.74, 6) is 0.697. The number of benzene rings is 2. The molecular weight excluding hydrogens is 314 g/mol. The van der Waals surface area contributed by atoms with Crippen LogP contribution in [0, 0.1) is 13.8 Å². The standard InChI is InChI=1S/C21H23NO3/c1-5-17(15-10-9-13(2)14(3)11-15)22-21(23)19-12-16-7-6-8-18(24-4)20(16)25-19/h6-12,17H,5H2,1-4H3,(H,22,23)/t17-/m1/s1. The lowest BCUT2D eigenvalue weighted by molar-refractivity contribution is 0.0909. The van der Waals surface area contributed by atoms with Gasteiger partial charge in [-0.15, -0.1) is 0 Å². The van der Waals surface area contributed by atoms with E-state index in [0.717, 1.165) is 17.4 Å². The van der Waals surface area contributed by atoms with E-state index in [9.17, 15) is 4.79 Å². The smallest absolute Gasteiger partial charge is 0.287 e. The first-order valence-corrected chi connectivity index (χ1v) is 8.48. The average Bonchev–Trinajstić information content (AvgIpc) is 3.06. The molecule has 0 radical (unpaired) electrons. The minimum absolute atomic E-state index is 0.0538. The van der Waals surface area contributed by atoms with Gasteiger partial charge in [0.05, 0.1) is 13.2 Å². The number of carbonyl (C=O) groups excluding carboxylic acids is 1. The van der Waals surface area contributed by atoms with Gasteiger partial charge >= 0.3 is 0 Å². The molecule has 0 spiro atoms. The van der Waals surface area contributed by atoms with Crippen LogP contribution in [0.15, 0.2) is 46.9 Å². The largest absolute Gasteiger partial charge is 0.493 e. The molecule has 0 saturated heterocycles. The van der Waals surface area contributed by atoms with Crippen molar-refractivity contribution in [3.63, 3.8) is 0 Å². The van der Waals surface area contributed by atoms with Gasteiger partial charge in [-0.3, -0.25) is 4.79 Å². The van der Waals surface area contributed by atoms with Gasteiger partial charge in [-0.2, -0.15) is 0 Å². The number of fused-ring (bicyclic) bond motifs is 1. The molecule has 0 aliphatic rings. The monoisotopic (exact) mass is 337 g/mol. The van der Waals surface area contributed by atoms with Crippen molar-refractivity contribution < 1.29 is 13.9 Å². The number of ether oxygens (including phenoxy) is 1. The van der Waals surface area contributed by atoms with Crippen molar-refractivity contribution in [2.24, 2.45) is 0 Å². The molecule has 130 valence electrons. The van der Waals surface area contributed by atoms with Gasteiger partial charge in [0.1, 0.15) is 0 Å². The number of hydrogen-bond acceptors (Lipinski definition) is 3. The second-order valence-corrected chi connectivity index (χ2v) is 6.27. The lowest BCUT2D eigenvalue weighted by Gasteiger charge is -2.18. The Labute approximate surface area is 147 Å². The molecule has 0 bridgehead atoms. The predicted octanol–water partition coefficient (Wildman–Crippen LogP) is 4.94. The third-order valence-corrected chi connectivity index (χ3v) is 4.60. The van der Waals surface area contributed by atoms with Gasteiger partial charge in [0.25, 0.3) is 5.91 Å². The number of carbonyl (C=O) groups is 1. The number of para-hydroxylation sites is 1. The van der Waals surface area contributed by atoms with Crippen molar-refractivity contribution in [3.8, 4) is 5.75 Å². The van der Waals surface area contributed by atoms with E-state index in [-0.39, 0.29) is 11.9 Å². The number of rotatable bonds is 5. The fraction of sp³-hybridized carbons (Fsp3) is 0.286. The summed E-state index contributed by atoms with van der Waals surface area (Å²) in [6.45, 7) is 6.22. The Balaban J connectivity index is 1.86. The minimum Gasteiger partial charge on any atom is -0.493 e. The van der Waals surface area contributed by atoms with Crippen LogP contribution in [-0.2, 0) is 0 Å². The zero-order valence-electron chi connectivity index (χ0n) is 15.1. The number of nitrogens with one attached hydrogen (secondary N) is 1. The highest BCUT2D eigenvalue weighted by molar-refractivity contribution is 5.97.